The van der Waals surface area contributed by atoms with E-state index in [1.165, 1.54) is 5.57 Å². The fourth-order valence-corrected chi connectivity index (χ4v) is 5.57. The largest absolute Gasteiger partial charge is 0.508 e. The van der Waals surface area contributed by atoms with E-state index in [0.29, 0.717) is 12.2 Å². The lowest BCUT2D eigenvalue weighted by Gasteiger charge is -2.19. The number of allylic oxidation sites excluding steroid dienone is 1. The summed E-state index contributed by atoms with van der Waals surface area (Å²) in [5.41, 5.74) is 6.85. The molecule has 1 heterocycles. The molecule has 4 nitrogen and oxygen atoms in total. The van der Waals surface area contributed by atoms with Crippen molar-refractivity contribution in [3.05, 3.63) is 89.0 Å². The molecule has 1 atom stereocenters. The Morgan fingerprint density at radius 3 is 2.39 bits per heavy atom. The summed E-state index contributed by atoms with van der Waals surface area (Å²) < 4.78 is 36.8. The number of rotatable bonds is 10. The molecule has 0 unspecified atom stereocenters. The van der Waals surface area contributed by atoms with E-state index >= 15 is 0 Å². The molecule has 2 aliphatic rings. The molecular weight excluding hydrogens is 484 g/mol. The number of nitrogens with zero attached hydrogens (tertiary/aromatic N) is 1. The molecule has 3 aromatic carbocycles. The van der Waals surface area contributed by atoms with Gasteiger partial charge in [0.05, 0.1) is 6.67 Å². The van der Waals surface area contributed by atoms with Crippen LogP contribution in [0.25, 0.3) is 11.1 Å². The number of fused-ring (bicyclic) bond motifs is 1. The van der Waals surface area contributed by atoms with E-state index in [-0.39, 0.29) is 25.1 Å². The molecular formula is C32H35F2NO3. The third-order valence-electron chi connectivity index (χ3n) is 7.36. The van der Waals surface area contributed by atoms with Crippen LogP contribution in [0.4, 0.5) is 8.78 Å². The van der Waals surface area contributed by atoms with Crippen LogP contribution in [0, 0.1) is 0 Å². The first kappa shape index (κ1) is 26.2. The average molecular weight is 520 g/mol. The highest BCUT2D eigenvalue weighted by molar-refractivity contribution is 6.00. The Morgan fingerprint density at radius 1 is 0.868 bits per heavy atom. The summed E-state index contributed by atoms with van der Waals surface area (Å²) in [6.07, 6.45) is 4.39. The van der Waals surface area contributed by atoms with E-state index in [4.69, 9.17) is 9.47 Å². The smallest absolute Gasteiger partial charge is 0.123 e. The molecule has 6 heteroatoms. The van der Waals surface area contributed by atoms with Crippen molar-refractivity contribution in [3.8, 4) is 17.2 Å². The summed E-state index contributed by atoms with van der Waals surface area (Å²) in [5, 5.41) is 10.2. The Hall–Kier alpha value is -3.38. The Morgan fingerprint density at radius 2 is 1.63 bits per heavy atom. The van der Waals surface area contributed by atoms with E-state index in [1.54, 1.807) is 6.07 Å². The van der Waals surface area contributed by atoms with Crippen LogP contribution in [0.15, 0.2) is 66.7 Å². The van der Waals surface area contributed by atoms with Crippen LogP contribution in [0.1, 0.15) is 47.9 Å². The third kappa shape index (κ3) is 6.18. The maximum Gasteiger partial charge on any atom is 0.123 e. The number of halogens is 2. The zero-order valence-corrected chi connectivity index (χ0v) is 21.7. The normalized spacial score (nSPS) is 17.8. The lowest BCUT2D eigenvalue weighted by Crippen LogP contribution is -2.26. The first-order valence-electron chi connectivity index (χ1n) is 13.5. The second kappa shape index (κ2) is 12.4. The molecule has 200 valence electrons. The number of hydrogen-bond donors (Lipinski definition) is 1. The van der Waals surface area contributed by atoms with Crippen molar-refractivity contribution in [2.24, 2.45) is 0 Å². The molecule has 0 radical (unpaired) electrons. The summed E-state index contributed by atoms with van der Waals surface area (Å²) >= 11 is 0. The van der Waals surface area contributed by atoms with Crippen LogP contribution in [-0.2, 0) is 6.42 Å². The van der Waals surface area contributed by atoms with Crippen LogP contribution in [-0.4, -0.2) is 55.7 Å². The van der Waals surface area contributed by atoms with E-state index in [1.807, 2.05) is 48.5 Å². The van der Waals surface area contributed by atoms with E-state index in [0.717, 1.165) is 78.9 Å². The number of hydrogen-bond acceptors (Lipinski definition) is 4. The summed E-state index contributed by atoms with van der Waals surface area (Å²) in [6.45, 7) is 1.82. The zero-order valence-electron chi connectivity index (χ0n) is 21.7. The number of ether oxygens (including phenoxy) is 2. The minimum atomic E-state index is -0.515. The molecule has 0 bridgehead atoms. The number of phenolic OH excluding ortho intramolecular Hbond substituents is 1. The van der Waals surface area contributed by atoms with Gasteiger partial charge < -0.3 is 14.6 Å². The van der Waals surface area contributed by atoms with E-state index in [2.05, 4.69) is 17.0 Å². The lowest BCUT2D eigenvalue weighted by molar-refractivity contribution is 0.198. The van der Waals surface area contributed by atoms with Crippen LogP contribution < -0.4 is 9.47 Å². The number of aryl methyl sites for hydroxylation is 1. The zero-order chi connectivity index (χ0) is 26.3. The molecule has 1 N–H and O–H groups in total. The topological polar surface area (TPSA) is 41.9 Å². The Balaban J connectivity index is 1.44. The molecule has 1 saturated heterocycles. The van der Waals surface area contributed by atoms with Gasteiger partial charge in [0.15, 0.2) is 0 Å². The van der Waals surface area contributed by atoms with Gasteiger partial charge in [0.25, 0.3) is 0 Å². The first-order chi connectivity index (χ1) is 18.6. The summed E-state index contributed by atoms with van der Waals surface area (Å²) in [5.74, 6) is 1.77. The summed E-state index contributed by atoms with van der Waals surface area (Å²) in [4.78, 5) is 2.27. The molecule has 5 rings (SSSR count). The van der Waals surface area contributed by atoms with Gasteiger partial charge in [0.2, 0.25) is 0 Å². The van der Waals surface area contributed by atoms with Crippen LogP contribution in [0.3, 0.4) is 0 Å². The Kier molecular flexibility index (Phi) is 8.59. The molecule has 1 aliphatic heterocycles. The van der Waals surface area contributed by atoms with Gasteiger partial charge in [-0.1, -0.05) is 30.3 Å². The maximum absolute atomic E-state index is 12.5. The van der Waals surface area contributed by atoms with Crippen molar-refractivity contribution >= 4 is 11.1 Å². The molecule has 0 amide bonds. The standard InChI is InChI=1S/C32H35F2NO3/c33-16-2-18-35-19-15-29(22-35)38-28-12-7-24(8-13-28)32-30(23-5-10-27(11-6-23)37-20-17-34)4-1-3-25-21-26(36)9-14-31(25)32/h5-14,21,29,36H,1-4,15-20,22H2/t29-/m0/s1. The third-order valence-corrected chi connectivity index (χ3v) is 7.36. The minimum Gasteiger partial charge on any atom is -0.508 e. The van der Waals surface area contributed by atoms with Gasteiger partial charge in [-0.15, -0.1) is 0 Å². The number of likely N-dealkylation sites (tertiary alicyclic amines) is 1. The molecule has 0 saturated carbocycles. The van der Waals surface area contributed by atoms with Crippen LogP contribution in [0.2, 0.25) is 0 Å². The van der Waals surface area contributed by atoms with Gasteiger partial charge in [-0.2, -0.15) is 0 Å². The van der Waals surface area contributed by atoms with Gasteiger partial charge in [-0.05, 0) is 102 Å². The molecule has 0 spiro atoms. The number of alkyl halides is 2. The summed E-state index contributed by atoms with van der Waals surface area (Å²) in [6, 6.07) is 21.8. The van der Waals surface area contributed by atoms with Crippen molar-refractivity contribution < 1.29 is 23.4 Å². The van der Waals surface area contributed by atoms with Gasteiger partial charge in [-0.3, -0.25) is 9.29 Å². The predicted molar refractivity (Wildman–Crippen MR) is 147 cm³/mol. The Labute approximate surface area is 223 Å². The number of benzene rings is 3. The van der Waals surface area contributed by atoms with Crippen molar-refractivity contribution in [1.82, 2.24) is 4.90 Å². The second-order valence-corrected chi connectivity index (χ2v) is 10.0. The van der Waals surface area contributed by atoms with Crippen LogP contribution in [0.5, 0.6) is 17.2 Å². The van der Waals surface area contributed by atoms with Gasteiger partial charge in [0, 0.05) is 19.6 Å². The van der Waals surface area contributed by atoms with Gasteiger partial charge in [-0.25, -0.2) is 4.39 Å². The summed E-state index contributed by atoms with van der Waals surface area (Å²) in [7, 11) is 0. The highest BCUT2D eigenvalue weighted by atomic mass is 19.1. The van der Waals surface area contributed by atoms with Crippen LogP contribution >= 0.6 is 0 Å². The van der Waals surface area contributed by atoms with Crippen molar-refractivity contribution in [2.45, 2.75) is 38.2 Å². The first-order valence-corrected chi connectivity index (χ1v) is 13.5. The SMILES string of the molecule is Oc1ccc2c(c1)CCCC(c1ccc(OCCF)cc1)=C2c1ccc(O[C@H]2CCN(CCCF)C2)cc1. The molecule has 38 heavy (non-hydrogen) atoms. The van der Waals surface area contributed by atoms with Crippen molar-refractivity contribution in [2.75, 3.05) is 39.6 Å². The molecule has 1 aliphatic carbocycles. The number of phenols is 1. The van der Waals surface area contributed by atoms with Crippen molar-refractivity contribution in [3.63, 3.8) is 0 Å². The maximum atomic E-state index is 12.5. The average Bonchev–Trinajstić information content (AvgIpc) is 3.30. The number of aromatic hydroxyl groups is 1. The van der Waals surface area contributed by atoms with Gasteiger partial charge >= 0.3 is 0 Å². The van der Waals surface area contributed by atoms with E-state index in [9.17, 15) is 13.9 Å². The van der Waals surface area contributed by atoms with Crippen molar-refractivity contribution in [1.29, 1.82) is 0 Å². The highest BCUT2D eigenvalue weighted by Gasteiger charge is 2.24. The lowest BCUT2D eigenvalue weighted by atomic mass is 9.88. The van der Waals surface area contributed by atoms with Gasteiger partial charge in [0.1, 0.15) is 36.6 Å². The molecule has 1 fully saturated rings. The second-order valence-electron chi connectivity index (χ2n) is 10.0. The fourth-order valence-electron chi connectivity index (χ4n) is 5.57. The predicted octanol–water partition coefficient (Wildman–Crippen LogP) is 6.85. The fraction of sp³-hybridized carbons (Fsp3) is 0.375. The molecule has 3 aromatic rings. The molecule has 0 aromatic heterocycles. The minimum absolute atomic E-state index is 0.0507. The monoisotopic (exact) mass is 519 g/mol. The van der Waals surface area contributed by atoms with E-state index < -0.39 is 6.67 Å². The highest BCUT2D eigenvalue weighted by Crippen LogP contribution is 2.41. The quantitative estimate of drug-likeness (QED) is 0.318. The Bertz CT molecular complexity index is 1240.